The number of nitrogens with zero attached hydrogens (tertiary/aromatic N) is 3. The summed E-state index contributed by atoms with van der Waals surface area (Å²) in [7, 11) is 1.41. The van der Waals surface area contributed by atoms with Gasteiger partial charge in [0, 0.05) is 36.7 Å². The van der Waals surface area contributed by atoms with Crippen LogP contribution in [0.4, 0.5) is 18.9 Å². The molecule has 3 aromatic rings. The predicted molar refractivity (Wildman–Crippen MR) is 120 cm³/mol. The first kappa shape index (κ1) is 22.8. The molecule has 0 spiro atoms. The fourth-order valence-electron chi connectivity index (χ4n) is 4.38. The Kier molecular flexibility index (Phi) is 6.42. The van der Waals surface area contributed by atoms with Crippen molar-refractivity contribution in [3.05, 3.63) is 65.9 Å². The summed E-state index contributed by atoms with van der Waals surface area (Å²) in [4.78, 5) is 19.7. The SMILES string of the molecule is COc1ccc(N2CCN(CC(N)=O)[C@@H](Cc3ccccc3)C2)c2ccc(C(F)(F)F)nc12. The number of carbonyl (C=O) groups is 1. The standard InChI is InChI=1S/C24H25F3N4O2/c1-33-20-9-8-19(18-7-10-21(24(25,26)27)29-23(18)20)31-12-11-30(15-22(28)32)17(14-31)13-16-5-3-2-4-6-16/h2-10,17H,11-15H2,1H3,(H2,28,32)/t17-/m0/s1. The van der Waals surface area contributed by atoms with Gasteiger partial charge in [0.2, 0.25) is 5.91 Å². The highest BCUT2D eigenvalue weighted by Gasteiger charge is 2.34. The van der Waals surface area contributed by atoms with E-state index in [9.17, 15) is 18.0 Å². The maximum Gasteiger partial charge on any atom is 0.433 e. The van der Waals surface area contributed by atoms with Gasteiger partial charge in [-0.2, -0.15) is 13.2 Å². The molecule has 174 valence electrons. The average Bonchev–Trinajstić information content (AvgIpc) is 2.79. The summed E-state index contributed by atoms with van der Waals surface area (Å²) >= 11 is 0. The number of halogens is 3. The Morgan fingerprint density at radius 1 is 1.12 bits per heavy atom. The third-order valence-electron chi connectivity index (χ3n) is 5.93. The number of alkyl halides is 3. The van der Waals surface area contributed by atoms with Crippen LogP contribution >= 0.6 is 0 Å². The summed E-state index contributed by atoms with van der Waals surface area (Å²) < 4.78 is 45.1. The minimum Gasteiger partial charge on any atom is -0.494 e. The van der Waals surface area contributed by atoms with Gasteiger partial charge in [0.25, 0.3) is 0 Å². The van der Waals surface area contributed by atoms with Crippen molar-refractivity contribution in [3.8, 4) is 5.75 Å². The number of nitrogens with two attached hydrogens (primary N) is 1. The number of amides is 1. The number of rotatable bonds is 6. The van der Waals surface area contributed by atoms with E-state index in [2.05, 4.69) is 14.8 Å². The third-order valence-corrected chi connectivity index (χ3v) is 5.93. The molecule has 1 aliphatic heterocycles. The molecule has 2 N–H and O–H groups in total. The van der Waals surface area contributed by atoms with Crippen LogP contribution < -0.4 is 15.4 Å². The van der Waals surface area contributed by atoms with Crippen LogP contribution in [0.1, 0.15) is 11.3 Å². The number of primary amides is 1. The topological polar surface area (TPSA) is 71.7 Å². The average molecular weight is 458 g/mol. The first-order valence-corrected chi connectivity index (χ1v) is 10.6. The minimum absolute atomic E-state index is 0.00760. The van der Waals surface area contributed by atoms with Gasteiger partial charge in [0.15, 0.2) is 0 Å². The lowest BCUT2D eigenvalue weighted by Crippen LogP contribution is -2.56. The summed E-state index contributed by atoms with van der Waals surface area (Å²) in [6.07, 6.45) is -3.83. The van der Waals surface area contributed by atoms with Crippen LogP contribution in [0.25, 0.3) is 10.9 Å². The van der Waals surface area contributed by atoms with Crippen molar-refractivity contribution in [2.45, 2.75) is 18.6 Å². The molecule has 1 atom stereocenters. The Hall–Kier alpha value is -3.33. The van der Waals surface area contributed by atoms with Gasteiger partial charge in [-0.3, -0.25) is 9.69 Å². The van der Waals surface area contributed by atoms with Gasteiger partial charge in [-0.05, 0) is 36.2 Å². The molecule has 1 saturated heterocycles. The number of methoxy groups -OCH3 is 1. The lowest BCUT2D eigenvalue weighted by molar-refractivity contribution is -0.141. The third kappa shape index (κ3) is 5.03. The number of carbonyl (C=O) groups excluding carboxylic acids is 1. The van der Waals surface area contributed by atoms with Crippen LogP contribution in [0.2, 0.25) is 0 Å². The first-order valence-electron chi connectivity index (χ1n) is 10.6. The van der Waals surface area contributed by atoms with Gasteiger partial charge < -0.3 is 15.4 Å². The van der Waals surface area contributed by atoms with E-state index in [0.717, 1.165) is 23.7 Å². The molecule has 0 radical (unpaired) electrons. The fraction of sp³-hybridized carbons (Fsp3) is 0.333. The lowest BCUT2D eigenvalue weighted by Gasteiger charge is -2.42. The number of aromatic nitrogens is 1. The highest BCUT2D eigenvalue weighted by Crippen LogP contribution is 2.37. The van der Waals surface area contributed by atoms with Crippen molar-refractivity contribution in [1.29, 1.82) is 0 Å². The molecule has 6 nitrogen and oxygen atoms in total. The molecular formula is C24H25F3N4O2. The number of fused-ring (bicyclic) bond motifs is 1. The minimum atomic E-state index is -4.55. The van der Waals surface area contributed by atoms with E-state index in [-0.39, 0.29) is 29.8 Å². The zero-order chi connectivity index (χ0) is 23.6. The first-order chi connectivity index (χ1) is 15.8. The van der Waals surface area contributed by atoms with E-state index in [1.807, 2.05) is 36.4 Å². The number of ether oxygens (including phenoxy) is 1. The molecule has 1 aliphatic rings. The molecule has 33 heavy (non-hydrogen) atoms. The van der Waals surface area contributed by atoms with Gasteiger partial charge in [-0.15, -0.1) is 0 Å². The molecule has 0 unspecified atom stereocenters. The molecule has 1 aromatic heterocycles. The summed E-state index contributed by atoms with van der Waals surface area (Å²) in [6, 6.07) is 15.9. The van der Waals surface area contributed by atoms with Crippen molar-refractivity contribution in [3.63, 3.8) is 0 Å². The second kappa shape index (κ2) is 9.27. The summed E-state index contributed by atoms with van der Waals surface area (Å²) in [5.41, 5.74) is 6.60. The molecule has 0 bridgehead atoms. The number of hydrogen-bond acceptors (Lipinski definition) is 5. The summed E-state index contributed by atoms with van der Waals surface area (Å²) in [6.45, 7) is 1.94. The van der Waals surface area contributed by atoms with Crippen LogP contribution in [0.3, 0.4) is 0 Å². The zero-order valence-electron chi connectivity index (χ0n) is 18.2. The highest BCUT2D eigenvalue weighted by molar-refractivity contribution is 5.96. The molecule has 9 heteroatoms. The Morgan fingerprint density at radius 3 is 2.55 bits per heavy atom. The summed E-state index contributed by atoms with van der Waals surface area (Å²) in [5.74, 6) is -0.103. The van der Waals surface area contributed by atoms with E-state index < -0.39 is 11.9 Å². The van der Waals surface area contributed by atoms with E-state index in [0.29, 0.717) is 25.0 Å². The smallest absolute Gasteiger partial charge is 0.433 e. The predicted octanol–water partition coefficient (Wildman–Crippen LogP) is 3.48. The largest absolute Gasteiger partial charge is 0.494 e. The normalized spacial score (nSPS) is 17.3. The van der Waals surface area contributed by atoms with Gasteiger partial charge in [0.1, 0.15) is 17.0 Å². The van der Waals surface area contributed by atoms with Gasteiger partial charge >= 0.3 is 6.18 Å². The molecule has 1 fully saturated rings. The maximum atomic E-state index is 13.3. The van der Waals surface area contributed by atoms with Crippen molar-refractivity contribution >= 4 is 22.5 Å². The highest BCUT2D eigenvalue weighted by atomic mass is 19.4. The Morgan fingerprint density at radius 2 is 1.88 bits per heavy atom. The second-order valence-corrected chi connectivity index (χ2v) is 8.10. The van der Waals surface area contributed by atoms with Crippen LogP contribution in [-0.4, -0.2) is 55.1 Å². The van der Waals surface area contributed by atoms with Crippen molar-refractivity contribution in [2.24, 2.45) is 5.73 Å². The van der Waals surface area contributed by atoms with Gasteiger partial charge in [0.05, 0.1) is 13.7 Å². The van der Waals surface area contributed by atoms with Gasteiger partial charge in [-0.1, -0.05) is 30.3 Å². The van der Waals surface area contributed by atoms with E-state index in [1.165, 1.54) is 13.2 Å². The molecule has 0 saturated carbocycles. The van der Waals surface area contributed by atoms with Crippen LogP contribution in [0.5, 0.6) is 5.75 Å². The van der Waals surface area contributed by atoms with E-state index in [4.69, 9.17) is 10.5 Å². The van der Waals surface area contributed by atoms with Crippen molar-refractivity contribution in [2.75, 3.05) is 38.2 Å². The maximum absolute atomic E-state index is 13.3. The quantitative estimate of drug-likeness (QED) is 0.613. The van der Waals surface area contributed by atoms with Crippen LogP contribution in [0, 0.1) is 0 Å². The van der Waals surface area contributed by atoms with Crippen LogP contribution in [-0.2, 0) is 17.4 Å². The molecule has 4 rings (SSSR count). The second-order valence-electron chi connectivity index (χ2n) is 8.10. The fourth-order valence-corrected chi connectivity index (χ4v) is 4.38. The molecule has 1 amide bonds. The van der Waals surface area contributed by atoms with Crippen molar-refractivity contribution in [1.82, 2.24) is 9.88 Å². The van der Waals surface area contributed by atoms with E-state index in [1.54, 1.807) is 6.07 Å². The number of pyridine rings is 1. The molecular weight excluding hydrogens is 433 g/mol. The molecule has 0 aliphatic carbocycles. The molecule has 2 heterocycles. The number of benzene rings is 2. The van der Waals surface area contributed by atoms with E-state index >= 15 is 0 Å². The summed E-state index contributed by atoms with van der Waals surface area (Å²) in [5, 5.41) is 0.587. The number of piperazine rings is 1. The zero-order valence-corrected chi connectivity index (χ0v) is 18.2. The molecule has 2 aromatic carbocycles. The number of anilines is 1. The Balaban J connectivity index is 1.69. The van der Waals surface area contributed by atoms with Crippen LogP contribution in [0.15, 0.2) is 54.6 Å². The Labute approximate surface area is 189 Å². The van der Waals surface area contributed by atoms with Crippen molar-refractivity contribution < 1.29 is 22.7 Å². The van der Waals surface area contributed by atoms with Gasteiger partial charge in [-0.25, -0.2) is 4.98 Å². The number of hydrogen-bond donors (Lipinski definition) is 1. The lowest BCUT2D eigenvalue weighted by atomic mass is 10.0. The Bertz CT molecular complexity index is 1140. The monoisotopic (exact) mass is 458 g/mol.